The van der Waals surface area contributed by atoms with Gasteiger partial charge in [0.2, 0.25) is 0 Å². The number of amides is 2. The summed E-state index contributed by atoms with van der Waals surface area (Å²) in [6.07, 6.45) is 6.75. The molecule has 2 aromatic carbocycles. The number of halogens is 1. The van der Waals surface area contributed by atoms with Gasteiger partial charge in [-0.15, -0.1) is 0 Å². The summed E-state index contributed by atoms with van der Waals surface area (Å²) in [7, 11) is 0. The van der Waals surface area contributed by atoms with Crippen LogP contribution in [-0.2, 0) is 9.59 Å². The number of rotatable bonds is 3. The van der Waals surface area contributed by atoms with Gasteiger partial charge < -0.3 is 4.57 Å². The van der Waals surface area contributed by atoms with Crippen LogP contribution in [0.15, 0.2) is 72.8 Å². The van der Waals surface area contributed by atoms with Crippen LogP contribution < -0.4 is 10.2 Å². The van der Waals surface area contributed by atoms with Crippen LogP contribution in [0.2, 0.25) is 5.02 Å². The third-order valence-corrected chi connectivity index (χ3v) is 4.73. The standard InChI is InChI=1S/C20H13ClN4O2S/c21-14-3-7-16(8-4-14)25-19(27)17(18(26)23-20(25)28)11-13-1-5-15(6-2-13)24-10-9-22-12-24/h1-12H,(H,23,26,28). The van der Waals surface area contributed by atoms with Gasteiger partial charge in [0, 0.05) is 23.1 Å². The summed E-state index contributed by atoms with van der Waals surface area (Å²) in [6.45, 7) is 0. The zero-order valence-corrected chi connectivity index (χ0v) is 15.9. The first-order valence-corrected chi connectivity index (χ1v) is 9.07. The monoisotopic (exact) mass is 408 g/mol. The van der Waals surface area contributed by atoms with E-state index in [4.69, 9.17) is 23.8 Å². The number of carbonyl (C=O) groups excluding carboxylic acids is 2. The molecule has 1 N–H and O–H groups in total. The Morgan fingerprint density at radius 3 is 2.32 bits per heavy atom. The maximum absolute atomic E-state index is 13.0. The van der Waals surface area contributed by atoms with Gasteiger partial charge in [-0.3, -0.25) is 19.8 Å². The molecule has 1 fully saturated rings. The van der Waals surface area contributed by atoms with E-state index in [0.29, 0.717) is 16.3 Å². The third kappa shape index (κ3) is 3.45. The van der Waals surface area contributed by atoms with Crippen molar-refractivity contribution in [1.29, 1.82) is 0 Å². The lowest BCUT2D eigenvalue weighted by Crippen LogP contribution is -2.54. The Balaban J connectivity index is 1.65. The van der Waals surface area contributed by atoms with Crippen molar-refractivity contribution >= 4 is 52.5 Å². The number of nitrogens with zero attached hydrogens (tertiary/aromatic N) is 3. The molecular formula is C20H13ClN4O2S. The van der Waals surface area contributed by atoms with Crippen LogP contribution in [0.3, 0.4) is 0 Å². The Hall–Kier alpha value is -3.29. The number of thiocarbonyl (C=S) groups is 1. The van der Waals surface area contributed by atoms with Crippen molar-refractivity contribution in [1.82, 2.24) is 14.9 Å². The van der Waals surface area contributed by atoms with Crippen molar-refractivity contribution in [2.45, 2.75) is 0 Å². The Labute approximate surface area is 171 Å². The van der Waals surface area contributed by atoms with Gasteiger partial charge in [0.15, 0.2) is 5.11 Å². The van der Waals surface area contributed by atoms with Gasteiger partial charge in [0.05, 0.1) is 12.0 Å². The number of aromatic nitrogens is 2. The molecule has 0 radical (unpaired) electrons. The summed E-state index contributed by atoms with van der Waals surface area (Å²) in [4.78, 5) is 30.6. The molecule has 0 atom stereocenters. The van der Waals surface area contributed by atoms with Gasteiger partial charge in [-0.25, -0.2) is 4.98 Å². The largest absolute Gasteiger partial charge is 0.306 e. The fourth-order valence-corrected chi connectivity index (χ4v) is 3.21. The van der Waals surface area contributed by atoms with Crippen LogP contribution in [-0.4, -0.2) is 26.5 Å². The molecule has 2 heterocycles. The van der Waals surface area contributed by atoms with Gasteiger partial charge in [-0.1, -0.05) is 23.7 Å². The Bertz CT molecular complexity index is 1090. The highest BCUT2D eigenvalue weighted by Gasteiger charge is 2.34. The summed E-state index contributed by atoms with van der Waals surface area (Å²) in [6, 6.07) is 14.0. The molecule has 1 saturated heterocycles. The van der Waals surface area contributed by atoms with E-state index >= 15 is 0 Å². The van der Waals surface area contributed by atoms with Gasteiger partial charge in [-0.2, -0.15) is 0 Å². The Morgan fingerprint density at radius 2 is 1.68 bits per heavy atom. The summed E-state index contributed by atoms with van der Waals surface area (Å²) >= 11 is 11.1. The molecule has 0 spiro atoms. The van der Waals surface area contributed by atoms with Gasteiger partial charge in [0.25, 0.3) is 11.8 Å². The second-order valence-corrected chi connectivity index (χ2v) is 6.82. The van der Waals surface area contributed by atoms with Gasteiger partial charge >= 0.3 is 0 Å². The van der Waals surface area contributed by atoms with E-state index in [2.05, 4.69) is 10.3 Å². The molecule has 3 aromatic rings. The lowest BCUT2D eigenvalue weighted by atomic mass is 10.1. The molecular weight excluding hydrogens is 396 g/mol. The van der Waals surface area contributed by atoms with Crippen molar-refractivity contribution in [2.75, 3.05) is 4.90 Å². The SMILES string of the molecule is O=C1NC(=S)N(c2ccc(Cl)cc2)C(=O)C1=Cc1ccc(-n2ccnc2)cc1. The van der Waals surface area contributed by atoms with Crippen LogP contribution in [0.5, 0.6) is 0 Å². The van der Waals surface area contributed by atoms with Crippen molar-refractivity contribution < 1.29 is 9.59 Å². The lowest BCUT2D eigenvalue weighted by molar-refractivity contribution is -0.122. The molecule has 0 bridgehead atoms. The van der Waals surface area contributed by atoms with E-state index in [1.807, 2.05) is 35.0 Å². The molecule has 8 heteroatoms. The smallest absolute Gasteiger partial charge is 0.270 e. The predicted octanol–water partition coefficient (Wildman–Crippen LogP) is 3.36. The van der Waals surface area contributed by atoms with E-state index in [1.165, 1.54) is 4.90 Å². The Morgan fingerprint density at radius 1 is 1.00 bits per heavy atom. The fourth-order valence-electron chi connectivity index (χ4n) is 2.80. The van der Waals surface area contributed by atoms with E-state index in [-0.39, 0.29) is 10.7 Å². The first kappa shape index (κ1) is 18.1. The van der Waals surface area contributed by atoms with Crippen LogP contribution in [0.25, 0.3) is 11.8 Å². The number of hydrogen-bond donors (Lipinski definition) is 1. The normalized spacial score (nSPS) is 15.8. The molecule has 138 valence electrons. The van der Waals surface area contributed by atoms with Gasteiger partial charge in [0.1, 0.15) is 5.57 Å². The first-order chi connectivity index (χ1) is 13.5. The zero-order chi connectivity index (χ0) is 19.7. The van der Waals surface area contributed by atoms with Gasteiger partial charge in [-0.05, 0) is 60.3 Å². The molecule has 0 saturated carbocycles. The average Bonchev–Trinajstić information content (AvgIpc) is 3.22. The van der Waals surface area contributed by atoms with Crippen LogP contribution in [0, 0.1) is 0 Å². The number of imidazole rings is 1. The minimum Gasteiger partial charge on any atom is -0.306 e. The van der Waals surface area contributed by atoms with Crippen LogP contribution >= 0.6 is 23.8 Å². The number of hydrogen-bond acceptors (Lipinski definition) is 4. The van der Waals surface area contributed by atoms with E-state index < -0.39 is 11.8 Å². The average molecular weight is 409 g/mol. The fraction of sp³-hybridized carbons (Fsp3) is 0. The molecule has 4 rings (SSSR count). The van der Waals surface area contributed by atoms with Crippen LogP contribution in [0.1, 0.15) is 5.56 Å². The minimum absolute atomic E-state index is 0.000990. The zero-order valence-electron chi connectivity index (χ0n) is 14.4. The third-order valence-electron chi connectivity index (χ3n) is 4.19. The molecule has 2 amide bonds. The molecule has 0 unspecified atom stereocenters. The summed E-state index contributed by atoms with van der Waals surface area (Å²) < 4.78 is 1.86. The number of benzene rings is 2. The second-order valence-electron chi connectivity index (χ2n) is 6.00. The number of anilines is 1. The predicted molar refractivity (Wildman–Crippen MR) is 111 cm³/mol. The molecule has 0 aliphatic carbocycles. The summed E-state index contributed by atoms with van der Waals surface area (Å²) in [5.74, 6) is -1.02. The summed E-state index contributed by atoms with van der Waals surface area (Å²) in [5, 5.41) is 3.13. The highest BCUT2D eigenvalue weighted by Crippen LogP contribution is 2.24. The quantitative estimate of drug-likeness (QED) is 0.410. The maximum Gasteiger partial charge on any atom is 0.270 e. The molecule has 6 nitrogen and oxygen atoms in total. The number of nitrogens with one attached hydrogen (secondary N) is 1. The van der Waals surface area contributed by atoms with Crippen molar-refractivity contribution in [3.8, 4) is 5.69 Å². The molecule has 1 aliphatic rings. The van der Waals surface area contributed by atoms with E-state index in [0.717, 1.165) is 5.69 Å². The van der Waals surface area contributed by atoms with Crippen molar-refractivity contribution in [3.63, 3.8) is 0 Å². The highest BCUT2D eigenvalue weighted by molar-refractivity contribution is 7.80. The first-order valence-electron chi connectivity index (χ1n) is 8.28. The Kier molecular flexibility index (Phi) is 4.77. The second kappa shape index (κ2) is 7.38. The highest BCUT2D eigenvalue weighted by atomic mass is 35.5. The molecule has 28 heavy (non-hydrogen) atoms. The topological polar surface area (TPSA) is 67.2 Å². The van der Waals surface area contributed by atoms with E-state index in [1.54, 1.807) is 42.9 Å². The lowest BCUT2D eigenvalue weighted by Gasteiger charge is -2.28. The molecule has 1 aliphatic heterocycles. The van der Waals surface area contributed by atoms with Crippen molar-refractivity contribution in [2.24, 2.45) is 0 Å². The van der Waals surface area contributed by atoms with E-state index in [9.17, 15) is 9.59 Å². The maximum atomic E-state index is 13.0. The summed E-state index contributed by atoms with van der Waals surface area (Å²) in [5.41, 5.74) is 2.16. The minimum atomic E-state index is -0.529. The van der Waals surface area contributed by atoms with Crippen LogP contribution in [0.4, 0.5) is 5.69 Å². The number of carbonyl (C=O) groups is 2. The molecule has 1 aromatic heterocycles. The van der Waals surface area contributed by atoms with Crippen molar-refractivity contribution in [3.05, 3.63) is 83.4 Å².